The van der Waals surface area contributed by atoms with Gasteiger partial charge in [-0.25, -0.2) is 4.68 Å². The Balaban J connectivity index is 2.95. The molecule has 0 amide bonds. The quantitative estimate of drug-likeness (QED) is 0.873. The van der Waals surface area contributed by atoms with E-state index in [4.69, 9.17) is 0 Å². The number of anilines is 1. The molecular formula is C14H26N4O. The van der Waals surface area contributed by atoms with Gasteiger partial charge in [0.15, 0.2) is 0 Å². The highest BCUT2D eigenvalue weighted by Crippen LogP contribution is 2.20. The Morgan fingerprint density at radius 1 is 1.42 bits per heavy atom. The Labute approximate surface area is 115 Å². The van der Waals surface area contributed by atoms with Crippen LogP contribution < -0.4 is 15.8 Å². The third kappa shape index (κ3) is 4.35. The first-order valence-corrected chi connectivity index (χ1v) is 6.73. The number of hydrogen-bond acceptors (Lipinski definition) is 4. The molecule has 108 valence electrons. The van der Waals surface area contributed by atoms with Crippen LogP contribution in [0.3, 0.4) is 0 Å². The highest BCUT2D eigenvalue weighted by atomic mass is 16.1. The van der Waals surface area contributed by atoms with Gasteiger partial charge in [0.25, 0.3) is 5.56 Å². The largest absolute Gasteiger partial charge is 0.376 e. The summed E-state index contributed by atoms with van der Waals surface area (Å²) in [5, 5.41) is 7.68. The average molecular weight is 266 g/mol. The van der Waals surface area contributed by atoms with E-state index in [0.717, 1.165) is 12.2 Å². The van der Waals surface area contributed by atoms with E-state index in [1.54, 1.807) is 12.3 Å². The summed E-state index contributed by atoms with van der Waals surface area (Å²) in [7, 11) is 3.80. The molecule has 0 radical (unpaired) electrons. The van der Waals surface area contributed by atoms with Crippen molar-refractivity contribution in [1.82, 2.24) is 15.1 Å². The molecule has 0 bridgehead atoms. The fourth-order valence-corrected chi connectivity index (χ4v) is 1.87. The van der Waals surface area contributed by atoms with Crippen molar-refractivity contribution in [2.75, 3.05) is 25.5 Å². The normalized spacial score (nSPS) is 13.4. The van der Waals surface area contributed by atoms with E-state index in [2.05, 4.69) is 38.1 Å². The molecule has 1 aromatic heterocycles. The minimum Gasteiger partial charge on any atom is -0.376 e. The zero-order chi connectivity index (χ0) is 14.6. The predicted molar refractivity (Wildman–Crippen MR) is 79.7 cm³/mol. The van der Waals surface area contributed by atoms with E-state index in [1.807, 2.05) is 19.0 Å². The van der Waals surface area contributed by atoms with Crippen LogP contribution >= 0.6 is 0 Å². The van der Waals surface area contributed by atoms with Gasteiger partial charge in [0, 0.05) is 26.2 Å². The van der Waals surface area contributed by atoms with Crippen LogP contribution in [-0.2, 0) is 6.54 Å². The van der Waals surface area contributed by atoms with Crippen molar-refractivity contribution in [2.45, 2.75) is 40.3 Å². The first kappa shape index (κ1) is 15.7. The van der Waals surface area contributed by atoms with E-state index in [9.17, 15) is 4.79 Å². The molecular weight excluding hydrogens is 240 g/mol. The summed E-state index contributed by atoms with van der Waals surface area (Å²) >= 11 is 0. The van der Waals surface area contributed by atoms with Crippen molar-refractivity contribution in [1.29, 1.82) is 0 Å². The molecule has 5 heteroatoms. The van der Waals surface area contributed by atoms with Crippen LogP contribution in [0.15, 0.2) is 17.1 Å². The third-order valence-corrected chi connectivity index (χ3v) is 3.22. The van der Waals surface area contributed by atoms with Gasteiger partial charge in [-0.15, -0.1) is 0 Å². The lowest BCUT2D eigenvalue weighted by atomic mass is 9.86. The Morgan fingerprint density at radius 2 is 2.05 bits per heavy atom. The van der Waals surface area contributed by atoms with Gasteiger partial charge in [-0.3, -0.25) is 4.79 Å². The lowest BCUT2D eigenvalue weighted by molar-refractivity contribution is 0.235. The monoisotopic (exact) mass is 266 g/mol. The van der Waals surface area contributed by atoms with Gasteiger partial charge in [-0.1, -0.05) is 27.7 Å². The average Bonchev–Trinajstić information content (AvgIpc) is 2.29. The summed E-state index contributed by atoms with van der Waals surface area (Å²) in [5.41, 5.74) is 0.854. The SMILES string of the molecule is CCNC(Cn1ncc(N(C)C)cc1=O)C(C)(C)C. The number of rotatable bonds is 5. The molecule has 0 aliphatic rings. The number of nitrogens with one attached hydrogen (secondary N) is 1. The maximum Gasteiger partial charge on any atom is 0.268 e. The van der Waals surface area contributed by atoms with Gasteiger partial charge >= 0.3 is 0 Å². The van der Waals surface area contributed by atoms with Gasteiger partial charge < -0.3 is 10.2 Å². The number of aromatic nitrogens is 2. The maximum atomic E-state index is 12.1. The van der Waals surface area contributed by atoms with Crippen molar-refractivity contribution >= 4 is 5.69 Å². The highest BCUT2D eigenvalue weighted by Gasteiger charge is 2.24. The molecule has 0 saturated heterocycles. The lowest BCUT2D eigenvalue weighted by Crippen LogP contribution is -2.45. The number of hydrogen-bond donors (Lipinski definition) is 1. The fraction of sp³-hybridized carbons (Fsp3) is 0.714. The first-order chi connectivity index (χ1) is 8.75. The smallest absolute Gasteiger partial charge is 0.268 e. The van der Waals surface area contributed by atoms with Crippen LogP contribution in [0.4, 0.5) is 5.69 Å². The molecule has 1 N–H and O–H groups in total. The minimum atomic E-state index is -0.0571. The molecule has 1 unspecified atom stereocenters. The fourth-order valence-electron chi connectivity index (χ4n) is 1.87. The van der Waals surface area contributed by atoms with E-state index < -0.39 is 0 Å². The first-order valence-electron chi connectivity index (χ1n) is 6.73. The van der Waals surface area contributed by atoms with Crippen LogP contribution in [0.2, 0.25) is 0 Å². The molecule has 1 rings (SSSR count). The van der Waals surface area contributed by atoms with Gasteiger partial charge in [0.2, 0.25) is 0 Å². The standard InChI is InChI=1S/C14H26N4O/c1-7-15-12(14(2,3)4)10-18-13(19)8-11(9-16-18)17(5)6/h8-9,12,15H,7,10H2,1-6H3. The summed E-state index contributed by atoms with van der Waals surface area (Å²) in [6.45, 7) is 10.0. The summed E-state index contributed by atoms with van der Waals surface area (Å²) in [5.74, 6) is 0. The maximum absolute atomic E-state index is 12.1. The van der Waals surface area contributed by atoms with Crippen LogP contribution in [0.1, 0.15) is 27.7 Å². The van der Waals surface area contributed by atoms with Gasteiger partial charge in [0.05, 0.1) is 18.4 Å². The summed E-state index contributed by atoms with van der Waals surface area (Å²) in [6, 6.07) is 1.84. The van der Waals surface area contributed by atoms with Crippen LogP contribution in [0.5, 0.6) is 0 Å². The second-order valence-corrected chi connectivity index (χ2v) is 6.10. The Morgan fingerprint density at radius 3 is 2.47 bits per heavy atom. The van der Waals surface area contributed by atoms with Gasteiger partial charge in [0.1, 0.15) is 0 Å². The van der Waals surface area contributed by atoms with Crippen LogP contribution in [0.25, 0.3) is 0 Å². The molecule has 0 saturated carbocycles. The van der Waals surface area contributed by atoms with Crippen LogP contribution in [-0.4, -0.2) is 36.5 Å². The van der Waals surface area contributed by atoms with Crippen molar-refractivity contribution in [3.8, 4) is 0 Å². The molecule has 0 fully saturated rings. The molecule has 1 heterocycles. The van der Waals surface area contributed by atoms with E-state index in [-0.39, 0.29) is 17.0 Å². The molecule has 0 aromatic carbocycles. The van der Waals surface area contributed by atoms with E-state index in [0.29, 0.717) is 6.54 Å². The van der Waals surface area contributed by atoms with Crippen LogP contribution in [0, 0.1) is 5.41 Å². The lowest BCUT2D eigenvalue weighted by Gasteiger charge is -2.31. The minimum absolute atomic E-state index is 0.0571. The van der Waals surface area contributed by atoms with E-state index >= 15 is 0 Å². The Bertz CT molecular complexity index is 459. The van der Waals surface area contributed by atoms with Gasteiger partial charge in [-0.05, 0) is 12.0 Å². The topological polar surface area (TPSA) is 50.2 Å². The number of nitrogens with zero attached hydrogens (tertiary/aromatic N) is 3. The van der Waals surface area contributed by atoms with Crippen molar-refractivity contribution in [3.63, 3.8) is 0 Å². The Hall–Kier alpha value is -1.36. The van der Waals surface area contributed by atoms with Crippen molar-refractivity contribution in [3.05, 3.63) is 22.6 Å². The molecule has 1 atom stereocenters. The van der Waals surface area contributed by atoms with Crippen molar-refractivity contribution < 1.29 is 0 Å². The molecule has 0 aliphatic heterocycles. The Kier molecular flexibility index (Phi) is 5.11. The molecule has 19 heavy (non-hydrogen) atoms. The molecule has 1 aromatic rings. The summed E-state index contributed by atoms with van der Waals surface area (Å²) < 4.78 is 1.53. The number of likely N-dealkylation sites (N-methyl/N-ethyl adjacent to an activating group) is 1. The zero-order valence-electron chi connectivity index (χ0n) is 12.9. The molecule has 0 spiro atoms. The van der Waals surface area contributed by atoms with E-state index in [1.165, 1.54) is 4.68 Å². The van der Waals surface area contributed by atoms with Crippen molar-refractivity contribution in [2.24, 2.45) is 5.41 Å². The molecule has 0 aliphatic carbocycles. The summed E-state index contributed by atoms with van der Waals surface area (Å²) in [6.07, 6.45) is 1.73. The van der Waals surface area contributed by atoms with Gasteiger partial charge in [-0.2, -0.15) is 5.10 Å². The summed E-state index contributed by atoms with van der Waals surface area (Å²) in [4.78, 5) is 13.9. The second kappa shape index (κ2) is 6.19. The molecule has 5 nitrogen and oxygen atoms in total. The second-order valence-electron chi connectivity index (χ2n) is 6.10. The predicted octanol–water partition coefficient (Wildman–Crippen LogP) is 1.33. The highest BCUT2D eigenvalue weighted by molar-refractivity contribution is 5.40. The zero-order valence-corrected chi connectivity index (χ0v) is 12.9. The third-order valence-electron chi connectivity index (χ3n) is 3.22.